The van der Waals surface area contributed by atoms with Gasteiger partial charge in [0, 0.05) is 0 Å². The Labute approximate surface area is 64.6 Å². The molecular formula is C10H18. The molecule has 0 nitrogen and oxygen atoms in total. The Bertz CT molecular complexity index is 143. The number of rotatable bonds is 2. The minimum absolute atomic E-state index is 0.663. The molecule has 0 amide bonds. The molecule has 58 valence electrons. The van der Waals surface area contributed by atoms with Gasteiger partial charge in [-0.15, -0.1) is 0 Å². The molecule has 0 atom stereocenters. The van der Waals surface area contributed by atoms with Crippen LogP contribution >= 0.6 is 0 Å². The number of hydrogen-bond donors (Lipinski definition) is 0. The van der Waals surface area contributed by atoms with Crippen molar-refractivity contribution in [3.05, 3.63) is 23.3 Å². The summed E-state index contributed by atoms with van der Waals surface area (Å²) >= 11 is 0. The topological polar surface area (TPSA) is 0 Å². The van der Waals surface area contributed by atoms with Crippen LogP contribution in [0.2, 0.25) is 0 Å². The van der Waals surface area contributed by atoms with E-state index < -0.39 is 0 Å². The maximum Gasteiger partial charge on any atom is -0.0285 e. The van der Waals surface area contributed by atoms with Crippen LogP contribution in [0.5, 0.6) is 0 Å². The molecule has 0 aromatic heterocycles. The molecule has 0 rings (SSSR count). The van der Waals surface area contributed by atoms with Crippen molar-refractivity contribution in [2.24, 2.45) is 5.92 Å². The molecule has 0 saturated carbocycles. The standard InChI is InChI=1S/C10H18/c1-8(2)6-10(5)7-9(3)4/h6-8H,1-5H3/b10-6-. The van der Waals surface area contributed by atoms with Crippen LogP contribution in [-0.2, 0) is 0 Å². The predicted octanol–water partition coefficient (Wildman–Crippen LogP) is 3.55. The molecule has 0 aliphatic heterocycles. The molecule has 0 saturated heterocycles. The predicted molar refractivity (Wildman–Crippen MR) is 48.0 cm³/mol. The lowest BCUT2D eigenvalue weighted by Gasteiger charge is -1.97. The first kappa shape index (κ1) is 9.48. The lowest BCUT2D eigenvalue weighted by atomic mass is 10.1. The summed E-state index contributed by atoms with van der Waals surface area (Å²) in [6.45, 7) is 10.8. The zero-order valence-corrected chi connectivity index (χ0v) is 7.73. The van der Waals surface area contributed by atoms with E-state index in [0.717, 1.165) is 0 Å². The average molecular weight is 138 g/mol. The first-order chi connectivity index (χ1) is 4.52. The number of hydrogen-bond acceptors (Lipinski definition) is 0. The van der Waals surface area contributed by atoms with Gasteiger partial charge < -0.3 is 0 Å². The van der Waals surface area contributed by atoms with Crippen LogP contribution in [0.15, 0.2) is 23.3 Å². The molecule has 0 aliphatic carbocycles. The lowest BCUT2D eigenvalue weighted by molar-refractivity contribution is 0.825. The zero-order chi connectivity index (χ0) is 8.15. The van der Waals surface area contributed by atoms with Gasteiger partial charge in [-0.25, -0.2) is 0 Å². The molecular weight excluding hydrogens is 120 g/mol. The molecule has 0 spiro atoms. The Balaban J connectivity index is 4.08. The van der Waals surface area contributed by atoms with Crippen LogP contribution in [0.1, 0.15) is 34.6 Å². The minimum Gasteiger partial charge on any atom is -0.0790 e. The lowest BCUT2D eigenvalue weighted by Crippen LogP contribution is -1.80. The van der Waals surface area contributed by atoms with Gasteiger partial charge in [-0.2, -0.15) is 0 Å². The quantitative estimate of drug-likeness (QED) is 0.512. The summed E-state index contributed by atoms with van der Waals surface area (Å²) in [6, 6.07) is 0. The normalized spacial score (nSPS) is 12.0. The van der Waals surface area contributed by atoms with Crippen LogP contribution in [-0.4, -0.2) is 0 Å². The molecule has 0 fully saturated rings. The van der Waals surface area contributed by atoms with E-state index >= 15 is 0 Å². The van der Waals surface area contributed by atoms with Gasteiger partial charge >= 0.3 is 0 Å². The maximum absolute atomic E-state index is 2.27. The first-order valence-corrected chi connectivity index (χ1v) is 3.85. The van der Waals surface area contributed by atoms with Crippen molar-refractivity contribution in [2.45, 2.75) is 34.6 Å². The highest BCUT2D eigenvalue weighted by atomic mass is 13.9. The van der Waals surface area contributed by atoms with E-state index in [2.05, 4.69) is 46.8 Å². The van der Waals surface area contributed by atoms with Crippen molar-refractivity contribution >= 4 is 0 Å². The smallest absolute Gasteiger partial charge is 0.0285 e. The summed E-state index contributed by atoms with van der Waals surface area (Å²) in [5.41, 5.74) is 2.74. The van der Waals surface area contributed by atoms with E-state index in [1.54, 1.807) is 0 Å². The molecule has 0 heterocycles. The van der Waals surface area contributed by atoms with Crippen molar-refractivity contribution in [3.8, 4) is 0 Å². The highest BCUT2D eigenvalue weighted by Crippen LogP contribution is 2.05. The minimum atomic E-state index is 0.663. The molecule has 0 aliphatic rings. The van der Waals surface area contributed by atoms with E-state index in [9.17, 15) is 0 Å². The van der Waals surface area contributed by atoms with Crippen molar-refractivity contribution in [2.75, 3.05) is 0 Å². The van der Waals surface area contributed by atoms with Gasteiger partial charge in [-0.1, -0.05) is 37.1 Å². The molecule has 0 heteroatoms. The Hall–Kier alpha value is -0.520. The Morgan fingerprint density at radius 1 is 1.10 bits per heavy atom. The van der Waals surface area contributed by atoms with Gasteiger partial charge in [0.25, 0.3) is 0 Å². The summed E-state index contributed by atoms with van der Waals surface area (Å²) in [7, 11) is 0. The SMILES string of the molecule is CC(C)=C/C(C)=C\C(C)C. The average Bonchev–Trinajstić information content (AvgIpc) is 1.58. The summed E-state index contributed by atoms with van der Waals surface area (Å²) in [5.74, 6) is 0.663. The van der Waals surface area contributed by atoms with Gasteiger partial charge in [-0.3, -0.25) is 0 Å². The van der Waals surface area contributed by atoms with Gasteiger partial charge in [0.05, 0.1) is 0 Å². The van der Waals surface area contributed by atoms with E-state index in [1.165, 1.54) is 11.1 Å². The highest BCUT2D eigenvalue weighted by Gasteiger charge is 1.87. The summed E-state index contributed by atoms with van der Waals surface area (Å²) in [4.78, 5) is 0. The second-order valence-corrected chi connectivity index (χ2v) is 3.38. The summed E-state index contributed by atoms with van der Waals surface area (Å²) in [6.07, 6.45) is 4.48. The first-order valence-electron chi connectivity index (χ1n) is 3.85. The zero-order valence-electron chi connectivity index (χ0n) is 7.73. The van der Waals surface area contributed by atoms with Gasteiger partial charge in [0.15, 0.2) is 0 Å². The third-order valence-electron chi connectivity index (χ3n) is 1.11. The highest BCUT2D eigenvalue weighted by molar-refractivity contribution is 5.19. The Morgan fingerprint density at radius 3 is 1.90 bits per heavy atom. The molecule has 0 radical (unpaired) electrons. The molecule has 0 bridgehead atoms. The Kier molecular flexibility index (Phi) is 4.10. The largest absolute Gasteiger partial charge is 0.0790 e. The van der Waals surface area contributed by atoms with E-state index in [1.807, 2.05) is 0 Å². The van der Waals surface area contributed by atoms with Crippen molar-refractivity contribution in [1.82, 2.24) is 0 Å². The fourth-order valence-electron chi connectivity index (χ4n) is 1.03. The van der Waals surface area contributed by atoms with Gasteiger partial charge in [-0.05, 0) is 26.7 Å². The summed E-state index contributed by atoms with van der Waals surface area (Å²) < 4.78 is 0. The summed E-state index contributed by atoms with van der Waals surface area (Å²) in [5, 5.41) is 0. The molecule has 0 aromatic carbocycles. The van der Waals surface area contributed by atoms with E-state index in [4.69, 9.17) is 0 Å². The van der Waals surface area contributed by atoms with Crippen molar-refractivity contribution < 1.29 is 0 Å². The second kappa shape index (κ2) is 4.32. The fourth-order valence-corrected chi connectivity index (χ4v) is 1.03. The maximum atomic E-state index is 2.27. The van der Waals surface area contributed by atoms with Crippen LogP contribution in [0.4, 0.5) is 0 Å². The van der Waals surface area contributed by atoms with Crippen LogP contribution in [0.25, 0.3) is 0 Å². The third kappa shape index (κ3) is 5.61. The van der Waals surface area contributed by atoms with Crippen LogP contribution in [0.3, 0.4) is 0 Å². The molecule has 0 N–H and O–H groups in total. The second-order valence-electron chi connectivity index (χ2n) is 3.38. The Morgan fingerprint density at radius 2 is 1.60 bits per heavy atom. The molecule has 0 aromatic rings. The monoisotopic (exact) mass is 138 g/mol. The van der Waals surface area contributed by atoms with Gasteiger partial charge in [0.2, 0.25) is 0 Å². The van der Waals surface area contributed by atoms with Gasteiger partial charge in [0.1, 0.15) is 0 Å². The van der Waals surface area contributed by atoms with E-state index in [-0.39, 0.29) is 0 Å². The van der Waals surface area contributed by atoms with E-state index in [0.29, 0.717) is 5.92 Å². The third-order valence-corrected chi connectivity index (χ3v) is 1.11. The van der Waals surface area contributed by atoms with Crippen molar-refractivity contribution in [1.29, 1.82) is 0 Å². The van der Waals surface area contributed by atoms with Crippen LogP contribution < -0.4 is 0 Å². The molecule has 0 unspecified atom stereocenters. The number of allylic oxidation sites excluding steroid dienone is 4. The van der Waals surface area contributed by atoms with Crippen molar-refractivity contribution in [3.63, 3.8) is 0 Å². The fraction of sp³-hybridized carbons (Fsp3) is 0.600. The van der Waals surface area contributed by atoms with Crippen LogP contribution in [0, 0.1) is 5.92 Å². The molecule has 10 heavy (non-hydrogen) atoms.